The van der Waals surface area contributed by atoms with E-state index in [-0.39, 0.29) is 11.3 Å². The molecule has 0 aliphatic carbocycles. The van der Waals surface area contributed by atoms with Crippen LogP contribution in [0.5, 0.6) is 0 Å². The van der Waals surface area contributed by atoms with Crippen molar-refractivity contribution in [1.82, 2.24) is 10.9 Å². The van der Waals surface area contributed by atoms with Gasteiger partial charge in [0.25, 0.3) is 5.91 Å². The molecule has 0 saturated heterocycles. The quantitative estimate of drug-likeness (QED) is 0.673. The Kier molecular flexibility index (Phi) is 4.46. The molecule has 122 valence electrons. The van der Waals surface area contributed by atoms with Gasteiger partial charge in [-0.2, -0.15) is 0 Å². The maximum atomic E-state index is 12.2. The Morgan fingerprint density at radius 2 is 1.58 bits per heavy atom. The lowest BCUT2D eigenvalue weighted by molar-refractivity contribution is 0.0831. The number of amides is 2. The van der Waals surface area contributed by atoms with Crippen LogP contribution in [-0.2, 0) is 0 Å². The fraction of sp³-hybridized carbons (Fsp3) is 0.0588. The van der Waals surface area contributed by atoms with Crippen LogP contribution >= 0.6 is 23.2 Å². The summed E-state index contributed by atoms with van der Waals surface area (Å²) < 4.78 is 5.53. The van der Waals surface area contributed by atoms with Gasteiger partial charge in [0.15, 0.2) is 5.76 Å². The highest BCUT2D eigenvalue weighted by molar-refractivity contribution is 6.35. The molecule has 0 unspecified atom stereocenters. The lowest BCUT2D eigenvalue weighted by Crippen LogP contribution is -2.41. The monoisotopic (exact) mass is 362 g/mol. The number of aryl methyl sites for hydroxylation is 1. The standard InChI is InChI=1S/C17H12Cl2N2O3/c1-9-13-4-2-3-5-14(13)24-15(9)17(23)21-20-16(22)10-6-11(18)8-12(19)7-10/h2-8H,1H3,(H,20,22)(H,21,23). The van der Waals surface area contributed by atoms with E-state index in [9.17, 15) is 9.59 Å². The van der Waals surface area contributed by atoms with Gasteiger partial charge in [-0.25, -0.2) is 0 Å². The molecule has 1 aromatic heterocycles. The van der Waals surface area contributed by atoms with Gasteiger partial charge in [-0.05, 0) is 31.2 Å². The fourth-order valence-corrected chi connectivity index (χ4v) is 2.84. The lowest BCUT2D eigenvalue weighted by atomic mass is 10.1. The summed E-state index contributed by atoms with van der Waals surface area (Å²) in [7, 11) is 0. The van der Waals surface area contributed by atoms with Crippen molar-refractivity contribution in [1.29, 1.82) is 0 Å². The molecule has 2 aromatic carbocycles. The Labute approximate surface area is 147 Å². The Balaban J connectivity index is 1.75. The smallest absolute Gasteiger partial charge is 0.305 e. The number of rotatable bonds is 2. The molecule has 3 aromatic rings. The van der Waals surface area contributed by atoms with Crippen LogP contribution in [0.25, 0.3) is 11.0 Å². The van der Waals surface area contributed by atoms with Crippen molar-refractivity contribution in [3.05, 3.63) is 69.4 Å². The first-order valence-corrected chi connectivity index (χ1v) is 7.76. The van der Waals surface area contributed by atoms with Gasteiger partial charge in [-0.3, -0.25) is 20.4 Å². The van der Waals surface area contributed by atoms with Gasteiger partial charge in [-0.1, -0.05) is 41.4 Å². The number of carbonyl (C=O) groups excluding carboxylic acids is 2. The zero-order valence-electron chi connectivity index (χ0n) is 12.5. The Morgan fingerprint density at radius 1 is 0.958 bits per heavy atom. The molecular formula is C17H12Cl2N2O3. The molecule has 0 bridgehead atoms. The van der Waals surface area contributed by atoms with Crippen LogP contribution in [-0.4, -0.2) is 11.8 Å². The maximum absolute atomic E-state index is 12.2. The van der Waals surface area contributed by atoms with Crippen molar-refractivity contribution < 1.29 is 14.0 Å². The molecule has 24 heavy (non-hydrogen) atoms. The van der Waals surface area contributed by atoms with E-state index in [0.29, 0.717) is 21.2 Å². The zero-order valence-corrected chi connectivity index (χ0v) is 14.0. The molecular weight excluding hydrogens is 351 g/mol. The van der Waals surface area contributed by atoms with Crippen LogP contribution in [0.15, 0.2) is 46.9 Å². The van der Waals surface area contributed by atoms with E-state index in [1.807, 2.05) is 18.2 Å². The first-order chi connectivity index (χ1) is 11.5. The van der Waals surface area contributed by atoms with Gasteiger partial charge in [0.05, 0.1) is 0 Å². The van der Waals surface area contributed by atoms with E-state index in [4.69, 9.17) is 27.6 Å². The summed E-state index contributed by atoms with van der Waals surface area (Å²) in [4.78, 5) is 24.3. The van der Waals surface area contributed by atoms with Gasteiger partial charge in [0, 0.05) is 26.6 Å². The van der Waals surface area contributed by atoms with Crippen molar-refractivity contribution in [3.8, 4) is 0 Å². The Bertz CT molecular complexity index is 930. The molecule has 0 atom stereocenters. The number of halogens is 2. The van der Waals surface area contributed by atoms with Gasteiger partial charge in [0.2, 0.25) is 0 Å². The SMILES string of the molecule is Cc1c(C(=O)NNC(=O)c2cc(Cl)cc(Cl)c2)oc2ccccc12. The van der Waals surface area contributed by atoms with E-state index in [2.05, 4.69) is 10.9 Å². The highest BCUT2D eigenvalue weighted by Gasteiger charge is 2.18. The Hall–Kier alpha value is -2.50. The second-order valence-corrected chi connectivity index (χ2v) is 5.99. The van der Waals surface area contributed by atoms with Crippen molar-refractivity contribution >= 4 is 46.0 Å². The minimum Gasteiger partial charge on any atom is -0.451 e. The average Bonchev–Trinajstić information content (AvgIpc) is 2.89. The summed E-state index contributed by atoms with van der Waals surface area (Å²) >= 11 is 11.7. The van der Waals surface area contributed by atoms with Crippen molar-refractivity contribution in [2.75, 3.05) is 0 Å². The molecule has 1 heterocycles. The number of furan rings is 1. The first kappa shape index (κ1) is 16.4. The van der Waals surface area contributed by atoms with Crippen LogP contribution in [0.2, 0.25) is 10.0 Å². The predicted molar refractivity (Wildman–Crippen MR) is 92.3 cm³/mol. The zero-order chi connectivity index (χ0) is 17.3. The number of hydrogen-bond donors (Lipinski definition) is 2. The van der Waals surface area contributed by atoms with Crippen LogP contribution in [0.3, 0.4) is 0 Å². The van der Waals surface area contributed by atoms with E-state index >= 15 is 0 Å². The summed E-state index contributed by atoms with van der Waals surface area (Å²) in [6, 6.07) is 11.7. The minimum atomic E-state index is -0.551. The number of para-hydroxylation sites is 1. The fourth-order valence-electron chi connectivity index (χ4n) is 2.32. The van der Waals surface area contributed by atoms with Gasteiger partial charge < -0.3 is 4.42 Å². The average molecular weight is 363 g/mol. The predicted octanol–water partition coefficient (Wildman–Crippen LogP) is 4.12. The number of hydrogen-bond acceptors (Lipinski definition) is 3. The number of fused-ring (bicyclic) bond motifs is 1. The maximum Gasteiger partial charge on any atom is 0.305 e. The van der Waals surface area contributed by atoms with Crippen molar-refractivity contribution in [2.24, 2.45) is 0 Å². The normalized spacial score (nSPS) is 10.6. The number of carbonyl (C=O) groups is 2. The molecule has 0 spiro atoms. The third-order valence-corrected chi connectivity index (χ3v) is 3.90. The van der Waals surface area contributed by atoms with Crippen LogP contribution < -0.4 is 10.9 Å². The molecule has 0 saturated carbocycles. The second-order valence-electron chi connectivity index (χ2n) is 5.12. The second kappa shape index (κ2) is 6.55. The third kappa shape index (κ3) is 3.22. The molecule has 2 amide bonds. The summed E-state index contributed by atoms with van der Waals surface area (Å²) in [5.41, 5.74) is 6.16. The topological polar surface area (TPSA) is 71.3 Å². The molecule has 0 radical (unpaired) electrons. The highest BCUT2D eigenvalue weighted by atomic mass is 35.5. The number of nitrogens with one attached hydrogen (secondary N) is 2. The van der Waals surface area contributed by atoms with Gasteiger partial charge in [0.1, 0.15) is 5.58 Å². The van der Waals surface area contributed by atoms with Crippen molar-refractivity contribution in [3.63, 3.8) is 0 Å². The van der Waals surface area contributed by atoms with Crippen LogP contribution in [0.1, 0.15) is 26.5 Å². The first-order valence-electron chi connectivity index (χ1n) is 7.00. The van der Waals surface area contributed by atoms with Gasteiger partial charge in [-0.15, -0.1) is 0 Å². The van der Waals surface area contributed by atoms with E-state index < -0.39 is 11.8 Å². The molecule has 0 aliphatic heterocycles. The molecule has 0 fully saturated rings. The van der Waals surface area contributed by atoms with Crippen LogP contribution in [0.4, 0.5) is 0 Å². The van der Waals surface area contributed by atoms with E-state index in [1.165, 1.54) is 18.2 Å². The van der Waals surface area contributed by atoms with Crippen LogP contribution in [0, 0.1) is 6.92 Å². The van der Waals surface area contributed by atoms with E-state index in [0.717, 1.165) is 5.39 Å². The summed E-state index contributed by atoms with van der Waals surface area (Å²) in [6.45, 7) is 1.78. The lowest BCUT2D eigenvalue weighted by Gasteiger charge is -2.07. The Morgan fingerprint density at radius 3 is 2.25 bits per heavy atom. The molecule has 7 heteroatoms. The van der Waals surface area contributed by atoms with E-state index in [1.54, 1.807) is 13.0 Å². The largest absolute Gasteiger partial charge is 0.451 e. The minimum absolute atomic E-state index is 0.139. The molecule has 2 N–H and O–H groups in total. The molecule has 0 aliphatic rings. The summed E-state index contributed by atoms with van der Waals surface area (Å²) in [6.07, 6.45) is 0. The number of benzene rings is 2. The van der Waals surface area contributed by atoms with Gasteiger partial charge >= 0.3 is 5.91 Å². The summed E-state index contributed by atoms with van der Waals surface area (Å²) in [5, 5.41) is 1.50. The molecule has 3 rings (SSSR count). The third-order valence-electron chi connectivity index (χ3n) is 3.46. The summed E-state index contributed by atoms with van der Waals surface area (Å²) in [5.74, 6) is -0.952. The highest BCUT2D eigenvalue weighted by Crippen LogP contribution is 2.24. The molecule has 5 nitrogen and oxygen atoms in total. The number of hydrazine groups is 1. The van der Waals surface area contributed by atoms with Crippen molar-refractivity contribution in [2.45, 2.75) is 6.92 Å².